The van der Waals surface area contributed by atoms with E-state index in [0.29, 0.717) is 13.0 Å². The molecule has 0 saturated carbocycles. The molecule has 0 aromatic rings. The van der Waals surface area contributed by atoms with Crippen LogP contribution in [0.25, 0.3) is 0 Å². The fraction of sp³-hybridized carbons (Fsp3) is 0.818. The van der Waals surface area contributed by atoms with Gasteiger partial charge >= 0.3 is 0 Å². The maximum Gasteiger partial charge on any atom is 0.248 e. The minimum atomic E-state index is -0.657. The first-order chi connectivity index (χ1) is 7.63. The van der Waals surface area contributed by atoms with Crippen LogP contribution in [0.2, 0.25) is 0 Å². The van der Waals surface area contributed by atoms with E-state index < -0.39 is 6.10 Å². The molecule has 1 atom stereocenters. The number of rotatable bonds is 7. The minimum absolute atomic E-state index is 0.0508. The van der Waals surface area contributed by atoms with E-state index >= 15 is 0 Å². The number of aliphatic hydroxyl groups excluding tert-OH is 1. The third-order valence-corrected chi connectivity index (χ3v) is 2.32. The monoisotopic (exact) mass is 228 g/mol. The predicted molar refractivity (Wildman–Crippen MR) is 61.2 cm³/mol. The lowest BCUT2D eigenvalue weighted by molar-refractivity contribution is -0.130. The Morgan fingerprint density at radius 2 is 2.38 bits per heavy atom. The number of ether oxygens (including phenoxy) is 1. The predicted octanol–water partition coefficient (Wildman–Crippen LogP) is 0.772. The molecular weight excluding hydrogens is 208 g/mol. The molecule has 1 aliphatic heterocycles. The molecule has 0 saturated heterocycles. The first kappa shape index (κ1) is 13.1. The van der Waals surface area contributed by atoms with E-state index in [9.17, 15) is 9.90 Å². The van der Waals surface area contributed by atoms with Crippen molar-refractivity contribution in [3.05, 3.63) is 0 Å². The second kappa shape index (κ2) is 6.60. The Labute approximate surface area is 96.1 Å². The molecule has 0 radical (unpaired) electrons. The number of hydrogen-bond donors (Lipinski definition) is 1. The zero-order valence-electron chi connectivity index (χ0n) is 9.98. The second-order valence-corrected chi connectivity index (χ2v) is 4.07. The molecule has 92 valence electrons. The number of β-amino-alcohol motifs (C(OH)–C–C–N with tert-alkyl or cyclic N) is 1. The Kier molecular flexibility index (Phi) is 5.42. The molecule has 1 aliphatic rings. The van der Waals surface area contributed by atoms with Crippen molar-refractivity contribution in [1.82, 2.24) is 5.01 Å². The highest BCUT2D eigenvalue weighted by atomic mass is 16.5. The topological polar surface area (TPSA) is 62.1 Å². The molecule has 1 N–H and O–H groups in total. The van der Waals surface area contributed by atoms with Gasteiger partial charge in [-0.15, -0.1) is 0 Å². The Morgan fingerprint density at radius 3 is 2.94 bits per heavy atom. The average molecular weight is 228 g/mol. The molecule has 0 aromatic carbocycles. The van der Waals surface area contributed by atoms with Gasteiger partial charge in [0.05, 0.1) is 25.7 Å². The van der Waals surface area contributed by atoms with Crippen LogP contribution in [0.5, 0.6) is 0 Å². The maximum atomic E-state index is 11.4. The largest absolute Gasteiger partial charge is 0.389 e. The lowest BCUT2D eigenvalue weighted by Crippen LogP contribution is -2.33. The summed E-state index contributed by atoms with van der Waals surface area (Å²) in [6.07, 6.45) is 1.77. The highest BCUT2D eigenvalue weighted by Crippen LogP contribution is 2.08. The van der Waals surface area contributed by atoms with E-state index in [1.165, 1.54) is 5.01 Å². The van der Waals surface area contributed by atoms with Crippen molar-refractivity contribution in [2.45, 2.75) is 39.2 Å². The summed E-state index contributed by atoms with van der Waals surface area (Å²) in [6.45, 7) is 5.03. The molecule has 0 aliphatic carbocycles. The molecule has 1 rings (SSSR count). The number of carbonyl (C=O) groups is 1. The van der Waals surface area contributed by atoms with Crippen LogP contribution in [0.15, 0.2) is 5.10 Å². The van der Waals surface area contributed by atoms with Crippen molar-refractivity contribution >= 4 is 11.6 Å². The average Bonchev–Trinajstić information content (AvgIpc) is 2.52. The normalized spacial score (nSPS) is 17.8. The van der Waals surface area contributed by atoms with Crippen molar-refractivity contribution in [3.63, 3.8) is 0 Å². The fourth-order valence-corrected chi connectivity index (χ4v) is 1.47. The van der Waals surface area contributed by atoms with Crippen molar-refractivity contribution in [2.75, 3.05) is 19.8 Å². The highest BCUT2D eigenvalue weighted by molar-refractivity contribution is 6.03. The Hall–Kier alpha value is -0.940. The van der Waals surface area contributed by atoms with Crippen LogP contribution in [-0.2, 0) is 9.53 Å². The molecule has 1 heterocycles. The molecule has 1 amide bonds. The van der Waals surface area contributed by atoms with E-state index in [1.54, 1.807) is 0 Å². The maximum absolute atomic E-state index is 11.4. The number of carbonyl (C=O) groups excluding carboxylic acids is 1. The fourth-order valence-electron chi connectivity index (χ4n) is 1.47. The number of unbranched alkanes of at least 4 members (excludes halogenated alkanes) is 1. The van der Waals surface area contributed by atoms with Crippen molar-refractivity contribution < 1.29 is 14.6 Å². The smallest absolute Gasteiger partial charge is 0.248 e. The van der Waals surface area contributed by atoms with E-state index in [1.807, 2.05) is 6.92 Å². The first-order valence-corrected chi connectivity index (χ1v) is 5.73. The standard InChI is InChI=1S/C11H20N2O3/c1-3-4-5-16-8-10(14)7-13-11(15)6-9(2)12-13/h10,14H,3-8H2,1-2H3. The number of amides is 1. The van der Waals surface area contributed by atoms with Crippen LogP contribution in [-0.4, -0.2) is 47.6 Å². The van der Waals surface area contributed by atoms with Gasteiger partial charge < -0.3 is 9.84 Å². The molecule has 0 bridgehead atoms. The Bertz CT molecular complexity index is 266. The molecule has 5 heteroatoms. The van der Waals surface area contributed by atoms with E-state index in [0.717, 1.165) is 18.6 Å². The van der Waals surface area contributed by atoms with Crippen LogP contribution in [0, 0.1) is 0 Å². The summed E-state index contributed by atoms with van der Waals surface area (Å²) in [6, 6.07) is 0. The molecule has 1 unspecified atom stereocenters. The number of hydrazone groups is 1. The summed E-state index contributed by atoms with van der Waals surface area (Å²) in [7, 11) is 0. The summed E-state index contributed by atoms with van der Waals surface area (Å²) < 4.78 is 5.27. The minimum Gasteiger partial charge on any atom is -0.389 e. The van der Waals surface area contributed by atoms with Crippen LogP contribution in [0.1, 0.15) is 33.1 Å². The van der Waals surface area contributed by atoms with Gasteiger partial charge in [0, 0.05) is 12.3 Å². The third-order valence-electron chi connectivity index (χ3n) is 2.32. The Morgan fingerprint density at radius 1 is 1.62 bits per heavy atom. The van der Waals surface area contributed by atoms with Crippen LogP contribution in [0.3, 0.4) is 0 Å². The van der Waals surface area contributed by atoms with E-state index in [4.69, 9.17) is 4.74 Å². The first-order valence-electron chi connectivity index (χ1n) is 5.73. The summed E-state index contributed by atoms with van der Waals surface area (Å²) in [5.41, 5.74) is 0.795. The summed E-state index contributed by atoms with van der Waals surface area (Å²) in [5.74, 6) is -0.0508. The van der Waals surface area contributed by atoms with Gasteiger partial charge in [-0.25, -0.2) is 5.01 Å². The van der Waals surface area contributed by atoms with E-state index in [2.05, 4.69) is 12.0 Å². The number of hydrogen-bond acceptors (Lipinski definition) is 4. The lowest BCUT2D eigenvalue weighted by atomic mass is 10.3. The molecule has 16 heavy (non-hydrogen) atoms. The Balaban J connectivity index is 2.18. The second-order valence-electron chi connectivity index (χ2n) is 4.07. The van der Waals surface area contributed by atoms with Crippen molar-refractivity contribution in [1.29, 1.82) is 0 Å². The number of aliphatic hydroxyl groups is 1. The highest BCUT2D eigenvalue weighted by Gasteiger charge is 2.23. The van der Waals surface area contributed by atoms with Gasteiger partial charge in [-0.2, -0.15) is 5.10 Å². The van der Waals surface area contributed by atoms with Gasteiger partial charge in [-0.05, 0) is 13.3 Å². The van der Waals surface area contributed by atoms with Crippen LogP contribution in [0.4, 0.5) is 0 Å². The van der Waals surface area contributed by atoms with Gasteiger partial charge in [0.1, 0.15) is 0 Å². The molecule has 0 fully saturated rings. The lowest BCUT2D eigenvalue weighted by Gasteiger charge is -2.16. The molecule has 5 nitrogen and oxygen atoms in total. The zero-order valence-corrected chi connectivity index (χ0v) is 9.98. The summed E-state index contributed by atoms with van der Waals surface area (Å²) >= 11 is 0. The van der Waals surface area contributed by atoms with Crippen molar-refractivity contribution in [3.8, 4) is 0 Å². The van der Waals surface area contributed by atoms with Crippen molar-refractivity contribution in [2.24, 2.45) is 5.10 Å². The molecular formula is C11H20N2O3. The van der Waals surface area contributed by atoms with Gasteiger partial charge in [-0.3, -0.25) is 4.79 Å². The van der Waals surface area contributed by atoms with Gasteiger partial charge in [0.2, 0.25) is 5.91 Å². The quantitative estimate of drug-likeness (QED) is 0.655. The molecule has 0 aromatic heterocycles. The van der Waals surface area contributed by atoms with Gasteiger partial charge in [0.15, 0.2) is 0 Å². The van der Waals surface area contributed by atoms with Gasteiger partial charge in [-0.1, -0.05) is 13.3 Å². The third kappa shape index (κ3) is 4.28. The van der Waals surface area contributed by atoms with Gasteiger partial charge in [0.25, 0.3) is 0 Å². The molecule has 0 spiro atoms. The van der Waals surface area contributed by atoms with Crippen LogP contribution >= 0.6 is 0 Å². The zero-order chi connectivity index (χ0) is 12.0. The van der Waals surface area contributed by atoms with E-state index in [-0.39, 0.29) is 19.1 Å². The van der Waals surface area contributed by atoms with Crippen LogP contribution < -0.4 is 0 Å². The SMILES string of the molecule is CCCCOCC(O)CN1N=C(C)CC1=O. The number of nitrogens with zero attached hydrogens (tertiary/aromatic N) is 2. The summed E-state index contributed by atoms with van der Waals surface area (Å²) in [4.78, 5) is 11.4. The summed E-state index contributed by atoms with van der Waals surface area (Å²) in [5, 5.41) is 15.0.